The number of hydrogen-bond donors (Lipinski definition) is 2. The highest BCUT2D eigenvalue weighted by Gasteiger charge is 2.39. The van der Waals surface area contributed by atoms with E-state index in [1.165, 1.54) is 30.2 Å². The molecular weight excluding hydrogens is 815 g/mol. The van der Waals surface area contributed by atoms with Crippen molar-refractivity contribution in [1.82, 2.24) is 24.5 Å². The molecule has 2 aromatic rings. The van der Waals surface area contributed by atoms with Crippen molar-refractivity contribution in [1.29, 1.82) is 0 Å². The normalized spacial score (nSPS) is 21.0. The van der Waals surface area contributed by atoms with Gasteiger partial charge >= 0.3 is 24.3 Å². The average molecular weight is 874 g/mol. The first kappa shape index (κ1) is 44.8. The van der Waals surface area contributed by atoms with E-state index >= 15 is 0 Å². The van der Waals surface area contributed by atoms with Crippen LogP contribution >= 0.6 is 11.6 Å². The van der Waals surface area contributed by atoms with Crippen LogP contribution in [0.1, 0.15) is 74.5 Å². The monoisotopic (exact) mass is 873 g/mol. The van der Waals surface area contributed by atoms with E-state index in [0.717, 1.165) is 75.7 Å². The fourth-order valence-electron chi connectivity index (χ4n) is 9.79. The van der Waals surface area contributed by atoms with Crippen molar-refractivity contribution in [3.8, 4) is 0 Å². The summed E-state index contributed by atoms with van der Waals surface area (Å²) in [6.07, 6.45) is 1.45. The summed E-state index contributed by atoms with van der Waals surface area (Å²) >= 11 is 6.16. The Hall–Kier alpha value is -4.28. The Balaban J connectivity index is 0.925. The number of esters is 1. The number of piperidine rings is 4. The van der Waals surface area contributed by atoms with Crippen molar-refractivity contribution in [2.75, 3.05) is 89.6 Å². The summed E-state index contributed by atoms with van der Waals surface area (Å²) in [5.74, 6) is 0.147. The number of fused-ring (bicyclic) bond motifs is 1. The number of nitrogen functional groups attached to an aromatic ring is 1. The number of anilines is 2. The second-order valence-electron chi connectivity index (χ2n) is 17.3. The van der Waals surface area contributed by atoms with Gasteiger partial charge in [0.05, 0.1) is 22.8 Å². The minimum atomic E-state index is -4.79. The SMILES string of the molecule is Nc1c(Cl)cc(C[C@@H](OC(=O)N2CCC(N3CCc4ccccc4NC3=O)CC2)C(=O)N2CCC(C3CCN(CC(=O)OCCN4CCCCC4)CC3)CC2)cc1C(F)(F)F. The molecule has 5 heterocycles. The van der Waals surface area contributed by atoms with Crippen LogP contribution in [0.5, 0.6) is 0 Å². The molecule has 4 saturated heterocycles. The maximum Gasteiger partial charge on any atom is 0.418 e. The highest BCUT2D eigenvalue weighted by atomic mass is 35.5. The quantitative estimate of drug-likeness (QED) is 0.191. The van der Waals surface area contributed by atoms with Gasteiger partial charge in [-0.15, -0.1) is 0 Å². The highest BCUT2D eigenvalue weighted by molar-refractivity contribution is 6.33. The van der Waals surface area contributed by atoms with Gasteiger partial charge in [-0.2, -0.15) is 13.2 Å². The molecule has 5 aliphatic rings. The summed E-state index contributed by atoms with van der Waals surface area (Å²) in [5, 5.41) is 2.69. The molecule has 0 aromatic heterocycles. The minimum absolute atomic E-state index is 0.0667. The van der Waals surface area contributed by atoms with E-state index in [2.05, 4.69) is 15.1 Å². The summed E-state index contributed by atoms with van der Waals surface area (Å²) in [7, 11) is 0. The lowest BCUT2D eigenvalue weighted by Crippen LogP contribution is -2.52. The molecule has 5 aliphatic heterocycles. The van der Waals surface area contributed by atoms with E-state index in [0.29, 0.717) is 57.3 Å². The van der Waals surface area contributed by atoms with Gasteiger partial charge in [0.2, 0.25) is 0 Å². The fourth-order valence-corrected chi connectivity index (χ4v) is 10.0. The number of urea groups is 1. The van der Waals surface area contributed by atoms with Gasteiger partial charge in [-0.1, -0.05) is 36.2 Å². The lowest BCUT2D eigenvalue weighted by molar-refractivity contribution is -0.146. The second-order valence-corrected chi connectivity index (χ2v) is 17.7. The zero-order valence-electron chi connectivity index (χ0n) is 34.8. The molecule has 1 atom stereocenters. The first-order valence-corrected chi connectivity index (χ1v) is 22.4. The summed E-state index contributed by atoms with van der Waals surface area (Å²) in [6, 6.07) is 9.52. The van der Waals surface area contributed by atoms with E-state index in [9.17, 15) is 32.3 Å². The van der Waals surface area contributed by atoms with Crippen LogP contribution in [0.25, 0.3) is 0 Å². The summed E-state index contributed by atoms with van der Waals surface area (Å²) in [5.41, 5.74) is 5.88. The van der Waals surface area contributed by atoms with Gasteiger partial charge in [-0.25, -0.2) is 9.59 Å². The van der Waals surface area contributed by atoms with E-state index in [1.807, 2.05) is 24.3 Å². The zero-order chi connectivity index (χ0) is 43.1. The number of rotatable bonds is 11. The zero-order valence-corrected chi connectivity index (χ0v) is 35.6. The lowest BCUT2D eigenvalue weighted by Gasteiger charge is -2.41. The molecule has 61 heavy (non-hydrogen) atoms. The van der Waals surface area contributed by atoms with Crippen molar-refractivity contribution in [2.24, 2.45) is 11.8 Å². The topological polar surface area (TPSA) is 141 Å². The summed E-state index contributed by atoms with van der Waals surface area (Å²) < 4.78 is 53.3. The first-order valence-electron chi connectivity index (χ1n) is 22.0. The number of nitrogens with zero attached hydrogens (tertiary/aromatic N) is 5. The van der Waals surface area contributed by atoms with E-state index < -0.39 is 35.5 Å². The molecule has 2 aromatic carbocycles. The van der Waals surface area contributed by atoms with Crippen LogP contribution in [-0.2, 0) is 38.1 Å². The number of nitrogens with one attached hydrogen (secondary N) is 1. The Morgan fingerprint density at radius 2 is 1.49 bits per heavy atom. The van der Waals surface area contributed by atoms with Crippen molar-refractivity contribution < 1.29 is 41.8 Å². The Labute approximate surface area is 360 Å². The van der Waals surface area contributed by atoms with Crippen molar-refractivity contribution in [2.45, 2.75) is 89.0 Å². The van der Waals surface area contributed by atoms with Crippen LogP contribution in [0.3, 0.4) is 0 Å². The Bertz CT molecular complexity index is 1860. The van der Waals surface area contributed by atoms with Gasteiger partial charge in [0.25, 0.3) is 5.91 Å². The first-order chi connectivity index (χ1) is 29.3. The molecule has 4 amide bonds. The number of halogens is 4. The molecule has 3 N–H and O–H groups in total. The summed E-state index contributed by atoms with van der Waals surface area (Å²) in [4.78, 5) is 63.1. The minimum Gasteiger partial charge on any atom is -0.463 e. The molecule has 13 nitrogen and oxygen atoms in total. The van der Waals surface area contributed by atoms with E-state index in [1.54, 1.807) is 9.80 Å². The molecule has 0 saturated carbocycles. The molecule has 0 spiro atoms. The maximum atomic E-state index is 14.2. The number of para-hydroxylation sites is 1. The number of amides is 4. The van der Waals surface area contributed by atoms with Crippen LogP contribution < -0.4 is 11.1 Å². The maximum absolute atomic E-state index is 14.2. The predicted molar refractivity (Wildman–Crippen MR) is 225 cm³/mol. The number of carbonyl (C=O) groups excluding carboxylic acids is 4. The van der Waals surface area contributed by atoms with Crippen LogP contribution in [0, 0.1) is 11.8 Å². The number of hydrogen-bond acceptors (Lipinski definition) is 9. The van der Waals surface area contributed by atoms with Gasteiger partial charge in [-0.05, 0) is 125 Å². The largest absolute Gasteiger partial charge is 0.463 e. The Morgan fingerprint density at radius 1 is 0.836 bits per heavy atom. The van der Waals surface area contributed by atoms with Gasteiger partial charge in [0.15, 0.2) is 6.10 Å². The fraction of sp³-hybridized carbons (Fsp3) is 0.636. The molecule has 0 bridgehead atoms. The third-order valence-corrected chi connectivity index (χ3v) is 13.7. The van der Waals surface area contributed by atoms with Crippen LogP contribution in [-0.4, -0.2) is 139 Å². The molecule has 334 valence electrons. The molecule has 4 fully saturated rings. The van der Waals surface area contributed by atoms with Crippen molar-refractivity contribution in [3.05, 3.63) is 58.1 Å². The standard InChI is InChI=1S/C44H59ClF3N7O6/c45-36-27-30(26-35(40(36)49)44(46,47)48)28-38(61-43(59)54-21-13-34(14-22-54)55-23-12-33-6-2-3-7-37(33)50-42(55)58)41(57)53-19-10-32(11-20-53)31-8-17-52(18-9-31)29-39(56)60-25-24-51-15-4-1-5-16-51/h2-3,6-7,26-27,31-32,34,38H,1,4-5,8-25,28-29,49H2,(H,50,58)/t38-/m1/s1. The Morgan fingerprint density at radius 3 is 2.18 bits per heavy atom. The molecule has 0 radical (unpaired) electrons. The van der Waals surface area contributed by atoms with Gasteiger partial charge in [-0.3, -0.25) is 19.4 Å². The van der Waals surface area contributed by atoms with Crippen LogP contribution in [0.2, 0.25) is 5.02 Å². The molecule has 17 heteroatoms. The second kappa shape index (κ2) is 20.3. The van der Waals surface area contributed by atoms with Gasteiger partial charge < -0.3 is 35.2 Å². The van der Waals surface area contributed by atoms with E-state index in [-0.39, 0.29) is 54.7 Å². The number of ether oxygens (including phenoxy) is 2. The predicted octanol–water partition coefficient (Wildman–Crippen LogP) is 6.52. The van der Waals surface area contributed by atoms with Crippen LogP contribution in [0.4, 0.5) is 34.1 Å². The third kappa shape index (κ3) is 11.6. The van der Waals surface area contributed by atoms with Crippen molar-refractivity contribution in [3.63, 3.8) is 0 Å². The average Bonchev–Trinajstić information content (AvgIpc) is 3.42. The number of nitrogens with two attached hydrogens (primary N) is 1. The van der Waals surface area contributed by atoms with Gasteiger partial charge in [0.1, 0.15) is 6.61 Å². The number of benzene rings is 2. The number of alkyl halides is 3. The molecular formula is C44H59ClF3N7O6. The third-order valence-electron chi connectivity index (χ3n) is 13.4. The smallest absolute Gasteiger partial charge is 0.418 e. The Kier molecular flexibility index (Phi) is 14.9. The molecule has 0 aliphatic carbocycles. The van der Waals surface area contributed by atoms with Crippen molar-refractivity contribution >= 4 is 47.0 Å². The van der Waals surface area contributed by atoms with E-state index in [4.69, 9.17) is 26.8 Å². The number of carbonyl (C=O) groups is 4. The highest BCUT2D eigenvalue weighted by Crippen LogP contribution is 2.39. The molecule has 7 rings (SSSR count). The summed E-state index contributed by atoms with van der Waals surface area (Å²) in [6.45, 7) is 7.13. The molecule has 0 unspecified atom stereocenters. The lowest BCUT2D eigenvalue weighted by atomic mass is 9.78. The van der Waals surface area contributed by atoms with Gasteiger partial charge in [0, 0.05) is 57.4 Å². The van der Waals surface area contributed by atoms with Crippen LogP contribution in [0.15, 0.2) is 36.4 Å². The number of likely N-dealkylation sites (tertiary alicyclic amines) is 4.